The van der Waals surface area contributed by atoms with Gasteiger partial charge in [-0.15, -0.1) is 0 Å². The number of carbonyl (C=O) groups is 1. The van der Waals surface area contributed by atoms with Crippen molar-refractivity contribution in [2.45, 2.75) is 24.5 Å². The van der Waals surface area contributed by atoms with Crippen molar-refractivity contribution in [3.05, 3.63) is 30.4 Å². The van der Waals surface area contributed by atoms with E-state index in [9.17, 15) is 20.1 Å². The van der Waals surface area contributed by atoms with Gasteiger partial charge in [0.1, 0.15) is 18.3 Å². The van der Waals surface area contributed by atoms with Gasteiger partial charge in [0.2, 0.25) is 5.95 Å². The molecule has 29 heavy (non-hydrogen) atoms. The summed E-state index contributed by atoms with van der Waals surface area (Å²) >= 11 is 0. The summed E-state index contributed by atoms with van der Waals surface area (Å²) in [5, 5.41) is 35.2. The van der Waals surface area contributed by atoms with Crippen LogP contribution in [0.2, 0.25) is 0 Å². The zero-order valence-electron chi connectivity index (χ0n) is 15.7. The van der Waals surface area contributed by atoms with Gasteiger partial charge >= 0.3 is 0 Å². The fourth-order valence-electron chi connectivity index (χ4n) is 3.29. The Bertz CT molecular complexity index is 1050. The van der Waals surface area contributed by atoms with Crippen LogP contribution in [0.15, 0.2) is 24.8 Å². The zero-order valence-corrected chi connectivity index (χ0v) is 15.7. The minimum Gasteiger partial charge on any atom is -0.394 e. The largest absolute Gasteiger partial charge is 0.394 e. The Morgan fingerprint density at radius 2 is 2.07 bits per heavy atom. The molecule has 1 aliphatic rings. The van der Waals surface area contributed by atoms with Gasteiger partial charge in [0.25, 0.3) is 5.91 Å². The molecule has 0 bridgehead atoms. The minimum absolute atomic E-state index is 0.241. The lowest BCUT2D eigenvalue weighted by Crippen LogP contribution is -2.33. The van der Waals surface area contributed by atoms with Crippen LogP contribution in [0, 0.1) is 0 Å². The number of hydrogen-bond acceptors (Lipinski definition) is 9. The number of nitrogens with zero attached hydrogens (tertiary/aromatic N) is 5. The Morgan fingerprint density at radius 3 is 2.72 bits per heavy atom. The Hall–Kier alpha value is -3.06. The number of carbonyl (C=O) groups excluding carboxylic acids is 1. The fourth-order valence-corrected chi connectivity index (χ4v) is 3.29. The summed E-state index contributed by atoms with van der Waals surface area (Å²) in [4.78, 5) is 25.1. The van der Waals surface area contributed by atoms with E-state index in [0.717, 1.165) is 0 Å². The summed E-state index contributed by atoms with van der Waals surface area (Å²) in [6.07, 6.45) is 0.253. The molecule has 3 aromatic heterocycles. The lowest BCUT2D eigenvalue weighted by molar-refractivity contribution is -0.0511. The number of fused-ring (bicyclic) bond motifs is 1. The van der Waals surface area contributed by atoms with Gasteiger partial charge in [-0.1, -0.05) is 0 Å². The summed E-state index contributed by atoms with van der Waals surface area (Å²) in [5.74, 6) is 0.464. The Balaban J connectivity index is 1.80. The van der Waals surface area contributed by atoms with E-state index in [0.29, 0.717) is 22.5 Å². The van der Waals surface area contributed by atoms with E-state index < -0.39 is 31.1 Å². The zero-order chi connectivity index (χ0) is 20.7. The molecule has 0 unspecified atom stereocenters. The van der Waals surface area contributed by atoms with Crippen LogP contribution >= 0.6 is 0 Å². The molecule has 1 saturated heterocycles. The van der Waals surface area contributed by atoms with Crippen molar-refractivity contribution in [1.82, 2.24) is 29.4 Å². The second kappa shape index (κ2) is 7.40. The van der Waals surface area contributed by atoms with Gasteiger partial charge in [0.15, 0.2) is 23.2 Å². The number of imidazole rings is 1. The van der Waals surface area contributed by atoms with Crippen LogP contribution in [-0.2, 0) is 4.74 Å². The molecular formula is C17H21N7O5. The second-order valence-electron chi connectivity index (χ2n) is 6.56. The second-order valence-corrected chi connectivity index (χ2v) is 6.56. The minimum atomic E-state index is -1.27. The molecule has 3 aromatic rings. The highest BCUT2D eigenvalue weighted by atomic mass is 16.6. The third-order valence-corrected chi connectivity index (χ3v) is 4.85. The van der Waals surface area contributed by atoms with E-state index in [1.807, 2.05) is 0 Å². The molecule has 4 heterocycles. The maximum absolute atomic E-state index is 11.8. The van der Waals surface area contributed by atoms with Crippen molar-refractivity contribution in [2.75, 3.05) is 26.0 Å². The summed E-state index contributed by atoms with van der Waals surface area (Å²) in [7, 11) is 3.23. The molecule has 4 rings (SSSR count). The van der Waals surface area contributed by atoms with Crippen LogP contribution in [0.25, 0.3) is 17.1 Å². The molecule has 154 valence electrons. The SMILES string of the molecule is CNC(=O)c1ccn(-c2nc(NC)c3ncn([C@@H]4O[C@H](CO)[C@@H](O)[C@H]4O)c3n2)c1. The number of rotatable bonds is 5. The average Bonchev–Trinajstić information content (AvgIpc) is 3.45. The van der Waals surface area contributed by atoms with E-state index in [2.05, 4.69) is 25.6 Å². The standard InChI is InChI=1S/C17H21N7O5/c1-18-13-10-14(22-17(21-13)23-4-3-8(5-23)15(28)19-2)24(7-20-10)16-12(27)11(26)9(6-25)29-16/h3-5,7,9,11-12,16,25-27H,6H2,1-2H3,(H,19,28)(H,18,21,22)/t9-,11-,12-,16-/m1/s1. The fraction of sp³-hybridized carbons (Fsp3) is 0.412. The van der Waals surface area contributed by atoms with Crippen LogP contribution < -0.4 is 10.6 Å². The van der Waals surface area contributed by atoms with Crippen molar-refractivity contribution >= 4 is 22.9 Å². The van der Waals surface area contributed by atoms with Crippen molar-refractivity contribution in [2.24, 2.45) is 0 Å². The molecule has 0 spiro atoms. The smallest absolute Gasteiger partial charge is 0.252 e. The molecule has 0 radical (unpaired) electrons. The number of aliphatic hydroxyl groups is 3. The average molecular weight is 403 g/mol. The highest BCUT2D eigenvalue weighted by Crippen LogP contribution is 2.32. The molecule has 4 atom stereocenters. The number of aromatic nitrogens is 5. The highest BCUT2D eigenvalue weighted by molar-refractivity contribution is 5.94. The monoisotopic (exact) mass is 403 g/mol. The molecule has 0 saturated carbocycles. The van der Waals surface area contributed by atoms with Crippen LogP contribution in [0.5, 0.6) is 0 Å². The lowest BCUT2D eigenvalue weighted by Gasteiger charge is -2.17. The van der Waals surface area contributed by atoms with Gasteiger partial charge in [-0.2, -0.15) is 9.97 Å². The number of nitrogens with one attached hydrogen (secondary N) is 2. The summed E-state index contributed by atoms with van der Waals surface area (Å²) in [6, 6.07) is 1.63. The Labute approximate surface area is 164 Å². The normalized spacial score (nSPS) is 24.2. The molecule has 1 fully saturated rings. The van der Waals surface area contributed by atoms with E-state index in [1.54, 1.807) is 37.1 Å². The summed E-state index contributed by atoms with van der Waals surface area (Å²) in [5.41, 5.74) is 1.23. The number of aliphatic hydroxyl groups excluding tert-OH is 3. The molecule has 0 aromatic carbocycles. The van der Waals surface area contributed by atoms with E-state index in [-0.39, 0.29) is 11.9 Å². The van der Waals surface area contributed by atoms with Gasteiger partial charge in [-0.05, 0) is 6.07 Å². The van der Waals surface area contributed by atoms with Crippen LogP contribution in [0.3, 0.4) is 0 Å². The third kappa shape index (κ3) is 3.11. The maximum Gasteiger partial charge on any atom is 0.252 e. The summed E-state index contributed by atoms with van der Waals surface area (Å²) in [6.45, 7) is -0.436. The topological polar surface area (TPSA) is 160 Å². The Kier molecular flexibility index (Phi) is 4.92. The Morgan fingerprint density at radius 1 is 1.28 bits per heavy atom. The number of anilines is 1. The van der Waals surface area contributed by atoms with E-state index in [4.69, 9.17) is 4.74 Å². The van der Waals surface area contributed by atoms with Crippen molar-refractivity contribution in [3.63, 3.8) is 0 Å². The number of ether oxygens (including phenoxy) is 1. The predicted molar refractivity (Wildman–Crippen MR) is 101 cm³/mol. The third-order valence-electron chi connectivity index (χ3n) is 4.85. The number of amides is 1. The highest BCUT2D eigenvalue weighted by Gasteiger charge is 2.44. The predicted octanol–water partition coefficient (Wildman–Crippen LogP) is -1.37. The molecule has 12 heteroatoms. The van der Waals surface area contributed by atoms with Crippen LogP contribution in [0.4, 0.5) is 5.82 Å². The van der Waals surface area contributed by atoms with Crippen LogP contribution in [0.1, 0.15) is 16.6 Å². The van der Waals surface area contributed by atoms with Crippen molar-refractivity contribution < 1.29 is 24.9 Å². The van der Waals surface area contributed by atoms with Gasteiger partial charge in [0.05, 0.1) is 18.5 Å². The molecule has 5 N–H and O–H groups in total. The van der Waals surface area contributed by atoms with Gasteiger partial charge in [0, 0.05) is 26.5 Å². The first-order valence-electron chi connectivity index (χ1n) is 8.93. The molecule has 0 aliphatic carbocycles. The van der Waals surface area contributed by atoms with Gasteiger partial charge in [-0.25, -0.2) is 4.98 Å². The first-order valence-corrected chi connectivity index (χ1v) is 8.93. The number of hydrogen-bond donors (Lipinski definition) is 5. The van der Waals surface area contributed by atoms with Crippen LogP contribution in [-0.4, -0.2) is 84.3 Å². The molecular weight excluding hydrogens is 382 g/mol. The first kappa shape index (κ1) is 19.3. The van der Waals surface area contributed by atoms with E-state index in [1.165, 1.54) is 10.9 Å². The quantitative estimate of drug-likeness (QED) is 0.346. The van der Waals surface area contributed by atoms with Gasteiger partial charge in [-0.3, -0.25) is 13.9 Å². The summed E-state index contributed by atoms with van der Waals surface area (Å²) < 4.78 is 8.65. The van der Waals surface area contributed by atoms with Gasteiger partial charge < -0.3 is 30.7 Å². The van der Waals surface area contributed by atoms with Crippen molar-refractivity contribution in [3.8, 4) is 5.95 Å². The molecule has 1 amide bonds. The first-order chi connectivity index (χ1) is 14.0. The van der Waals surface area contributed by atoms with E-state index >= 15 is 0 Å². The maximum atomic E-state index is 11.8. The molecule has 1 aliphatic heterocycles. The molecule has 12 nitrogen and oxygen atoms in total. The van der Waals surface area contributed by atoms with Crippen molar-refractivity contribution in [1.29, 1.82) is 0 Å². The lowest BCUT2D eigenvalue weighted by atomic mass is 10.1.